The van der Waals surface area contributed by atoms with Gasteiger partial charge in [-0.2, -0.15) is 0 Å². The van der Waals surface area contributed by atoms with Crippen LogP contribution in [0.4, 0.5) is 15.9 Å². The van der Waals surface area contributed by atoms with Crippen LogP contribution in [0.25, 0.3) is 0 Å². The molecule has 0 radical (unpaired) electrons. The van der Waals surface area contributed by atoms with E-state index in [4.69, 9.17) is 11.6 Å². The number of benzene rings is 1. The van der Waals surface area contributed by atoms with Gasteiger partial charge in [-0.25, -0.2) is 14.4 Å². The molecule has 0 unspecified atom stereocenters. The number of amides is 1. The van der Waals surface area contributed by atoms with Gasteiger partial charge < -0.3 is 10.2 Å². The average molecular weight is 335 g/mol. The first-order valence-corrected chi connectivity index (χ1v) is 7.85. The van der Waals surface area contributed by atoms with Crippen LogP contribution in [0.5, 0.6) is 0 Å². The fourth-order valence-corrected chi connectivity index (χ4v) is 2.72. The van der Waals surface area contributed by atoms with Crippen molar-refractivity contribution in [1.82, 2.24) is 9.97 Å². The van der Waals surface area contributed by atoms with E-state index in [2.05, 4.69) is 20.2 Å². The van der Waals surface area contributed by atoms with Crippen LogP contribution in [0.1, 0.15) is 29.8 Å². The van der Waals surface area contributed by atoms with Crippen molar-refractivity contribution < 1.29 is 9.18 Å². The van der Waals surface area contributed by atoms with Crippen molar-refractivity contribution in [1.29, 1.82) is 0 Å². The predicted octanol–water partition coefficient (Wildman–Crippen LogP) is 3.51. The normalized spacial score (nSPS) is 14.6. The van der Waals surface area contributed by atoms with Gasteiger partial charge in [-0.05, 0) is 37.5 Å². The molecule has 23 heavy (non-hydrogen) atoms. The molecule has 0 atom stereocenters. The minimum absolute atomic E-state index is 0.0421. The lowest BCUT2D eigenvalue weighted by molar-refractivity contribution is 0.102. The number of nitrogens with zero attached hydrogens (tertiary/aromatic N) is 3. The van der Waals surface area contributed by atoms with Crippen molar-refractivity contribution in [3.63, 3.8) is 0 Å². The van der Waals surface area contributed by atoms with Crippen LogP contribution in [0.15, 0.2) is 30.6 Å². The monoisotopic (exact) mass is 334 g/mol. The Bertz CT molecular complexity index is 719. The molecule has 2 aromatic rings. The van der Waals surface area contributed by atoms with Crippen molar-refractivity contribution in [2.24, 2.45) is 0 Å². The standard InChI is InChI=1S/C16H16ClFN4O/c17-12-8-11(4-5-13(12)18)21-16(23)14-9-15(20-10-19-14)22-6-2-1-3-7-22/h4-5,8-10H,1-3,6-7H2,(H,21,23). The number of aromatic nitrogens is 2. The highest BCUT2D eigenvalue weighted by Crippen LogP contribution is 2.21. The van der Waals surface area contributed by atoms with E-state index in [0.29, 0.717) is 5.69 Å². The minimum atomic E-state index is -0.529. The van der Waals surface area contributed by atoms with Gasteiger partial charge in [0.25, 0.3) is 5.91 Å². The van der Waals surface area contributed by atoms with E-state index in [1.165, 1.54) is 30.9 Å². The molecule has 1 aliphatic heterocycles. The van der Waals surface area contributed by atoms with Gasteiger partial charge in [0.1, 0.15) is 23.7 Å². The molecule has 120 valence electrons. The van der Waals surface area contributed by atoms with Gasteiger partial charge in [0.05, 0.1) is 5.02 Å². The molecule has 1 aromatic heterocycles. The molecule has 2 heterocycles. The smallest absolute Gasteiger partial charge is 0.274 e. The highest BCUT2D eigenvalue weighted by molar-refractivity contribution is 6.31. The third-order valence-corrected chi connectivity index (χ3v) is 4.03. The molecular formula is C16H16ClFN4O. The molecule has 3 rings (SSSR count). The number of carbonyl (C=O) groups is 1. The lowest BCUT2D eigenvalue weighted by Crippen LogP contribution is -2.30. The van der Waals surface area contributed by atoms with Gasteiger partial charge in [0, 0.05) is 24.8 Å². The molecule has 0 bridgehead atoms. The minimum Gasteiger partial charge on any atom is -0.357 e. The van der Waals surface area contributed by atoms with Crippen LogP contribution in [-0.2, 0) is 0 Å². The van der Waals surface area contributed by atoms with Crippen molar-refractivity contribution in [2.75, 3.05) is 23.3 Å². The third-order valence-electron chi connectivity index (χ3n) is 3.74. The summed E-state index contributed by atoms with van der Waals surface area (Å²) in [7, 11) is 0. The maximum absolute atomic E-state index is 13.1. The third kappa shape index (κ3) is 3.76. The maximum Gasteiger partial charge on any atom is 0.274 e. The zero-order chi connectivity index (χ0) is 16.2. The zero-order valence-corrected chi connectivity index (χ0v) is 13.2. The van der Waals surface area contributed by atoms with Crippen LogP contribution >= 0.6 is 11.6 Å². The average Bonchev–Trinajstić information content (AvgIpc) is 2.59. The second-order valence-corrected chi connectivity index (χ2v) is 5.80. The summed E-state index contributed by atoms with van der Waals surface area (Å²) in [6, 6.07) is 5.69. The van der Waals surface area contributed by atoms with E-state index >= 15 is 0 Å². The van der Waals surface area contributed by atoms with Crippen molar-refractivity contribution in [3.8, 4) is 0 Å². The summed E-state index contributed by atoms with van der Waals surface area (Å²) in [6.45, 7) is 1.87. The summed E-state index contributed by atoms with van der Waals surface area (Å²) in [4.78, 5) is 22.7. The highest BCUT2D eigenvalue weighted by atomic mass is 35.5. The Morgan fingerprint density at radius 3 is 2.70 bits per heavy atom. The number of rotatable bonds is 3. The van der Waals surface area contributed by atoms with E-state index in [1.807, 2.05) is 0 Å². The Morgan fingerprint density at radius 1 is 1.17 bits per heavy atom. The summed E-state index contributed by atoms with van der Waals surface area (Å²) in [5.74, 6) is -0.158. The fraction of sp³-hybridized carbons (Fsp3) is 0.312. The van der Waals surface area contributed by atoms with Crippen molar-refractivity contribution >= 4 is 29.0 Å². The first-order valence-electron chi connectivity index (χ1n) is 7.47. The van der Waals surface area contributed by atoms with Crippen LogP contribution < -0.4 is 10.2 Å². The molecular weight excluding hydrogens is 319 g/mol. The topological polar surface area (TPSA) is 58.1 Å². The summed E-state index contributed by atoms with van der Waals surface area (Å²) in [5.41, 5.74) is 0.681. The molecule has 0 spiro atoms. The molecule has 0 saturated carbocycles. The summed E-state index contributed by atoms with van der Waals surface area (Å²) in [5, 5.41) is 2.62. The van der Waals surface area contributed by atoms with Crippen LogP contribution in [-0.4, -0.2) is 29.0 Å². The number of hydrogen-bond donors (Lipinski definition) is 1. The molecule has 1 fully saturated rings. The lowest BCUT2D eigenvalue weighted by atomic mass is 10.1. The van der Waals surface area contributed by atoms with E-state index in [0.717, 1.165) is 31.7 Å². The summed E-state index contributed by atoms with van der Waals surface area (Å²) < 4.78 is 13.1. The number of carbonyl (C=O) groups excluding carboxylic acids is 1. The molecule has 1 amide bonds. The Hall–Kier alpha value is -2.21. The van der Waals surface area contributed by atoms with E-state index in [9.17, 15) is 9.18 Å². The Morgan fingerprint density at radius 2 is 1.96 bits per heavy atom. The van der Waals surface area contributed by atoms with Crippen LogP contribution in [0.2, 0.25) is 5.02 Å². The fourth-order valence-electron chi connectivity index (χ4n) is 2.54. The van der Waals surface area contributed by atoms with Gasteiger partial charge in [0.15, 0.2) is 0 Å². The van der Waals surface area contributed by atoms with Crippen molar-refractivity contribution in [2.45, 2.75) is 19.3 Å². The first kappa shape index (κ1) is 15.7. The SMILES string of the molecule is O=C(Nc1ccc(F)c(Cl)c1)c1cc(N2CCCCC2)ncn1. The predicted molar refractivity (Wildman–Crippen MR) is 87.5 cm³/mol. The number of anilines is 2. The number of piperidine rings is 1. The number of nitrogens with one attached hydrogen (secondary N) is 1. The largest absolute Gasteiger partial charge is 0.357 e. The van der Waals surface area contributed by atoms with E-state index in [-0.39, 0.29) is 16.6 Å². The van der Waals surface area contributed by atoms with Gasteiger partial charge in [-0.15, -0.1) is 0 Å². The van der Waals surface area contributed by atoms with Gasteiger partial charge in [-0.1, -0.05) is 11.6 Å². The Balaban J connectivity index is 1.75. The zero-order valence-electron chi connectivity index (χ0n) is 12.4. The molecule has 5 nitrogen and oxygen atoms in total. The number of halogens is 2. The van der Waals surface area contributed by atoms with Crippen LogP contribution in [0, 0.1) is 5.82 Å². The Labute approximate surface area is 138 Å². The molecule has 1 saturated heterocycles. The lowest BCUT2D eigenvalue weighted by Gasteiger charge is -2.27. The second-order valence-electron chi connectivity index (χ2n) is 5.39. The number of hydrogen-bond acceptors (Lipinski definition) is 4. The summed E-state index contributed by atoms with van der Waals surface area (Å²) in [6.07, 6.45) is 4.86. The van der Waals surface area contributed by atoms with Crippen molar-refractivity contribution in [3.05, 3.63) is 47.1 Å². The molecule has 1 aromatic carbocycles. The van der Waals surface area contributed by atoms with Gasteiger partial charge in [-0.3, -0.25) is 4.79 Å². The molecule has 0 aliphatic carbocycles. The molecule has 7 heteroatoms. The quantitative estimate of drug-likeness (QED) is 0.933. The van der Waals surface area contributed by atoms with Crippen LogP contribution in [0.3, 0.4) is 0 Å². The van der Waals surface area contributed by atoms with Gasteiger partial charge in [0.2, 0.25) is 0 Å². The maximum atomic E-state index is 13.1. The van der Waals surface area contributed by atoms with E-state index < -0.39 is 5.82 Å². The Kier molecular flexibility index (Phi) is 4.71. The van der Waals surface area contributed by atoms with Gasteiger partial charge >= 0.3 is 0 Å². The first-order chi connectivity index (χ1) is 11.1. The highest BCUT2D eigenvalue weighted by Gasteiger charge is 2.15. The summed E-state index contributed by atoms with van der Waals surface area (Å²) >= 11 is 5.71. The molecule has 1 aliphatic rings. The second kappa shape index (κ2) is 6.91. The molecule has 1 N–H and O–H groups in total. The van der Waals surface area contributed by atoms with E-state index in [1.54, 1.807) is 6.07 Å².